The van der Waals surface area contributed by atoms with Gasteiger partial charge in [-0.3, -0.25) is 14.5 Å². The molecule has 8 heteroatoms. The second-order valence-electron chi connectivity index (χ2n) is 7.56. The van der Waals surface area contributed by atoms with Crippen molar-refractivity contribution >= 4 is 39.9 Å². The maximum atomic E-state index is 13.7. The molecule has 0 unspecified atom stereocenters. The zero-order chi connectivity index (χ0) is 22.0. The van der Waals surface area contributed by atoms with Gasteiger partial charge in [-0.15, -0.1) is 11.3 Å². The molecule has 1 amide bonds. The Kier molecular flexibility index (Phi) is 6.34. The van der Waals surface area contributed by atoms with Gasteiger partial charge >= 0.3 is 5.97 Å². The monoisotopic (exact) mass is 458 g/mol. The number of hydrogen-bond acceptors (Lipinski definition) is 4. The number of aromatic nitrogens is 1. The van der Waals surface area contributed by atoms with E-state index in [0.717, 1.165) is 18.4 Å². The highest BCUT2D eigenvalue weighted by Gasteiger charge is 2.39. The van der Waals surface area contributed by atoms with Crippen LogP contribution in [0.4, 0.5) is 9.52 Å². The second-order valence-corrected chi connectivity index (χ2v) is 8.81. The van der Waals surface area contributed by atoms with E-state index < -0.39 is 17.7 Å². The maximum Gasteiger partial charge on any atom is 0.304 e. The molecule has 4 rings (SSSR count). The zero-order valence-corrected chi connectivity index (χ0v) is 18.1. The Morgan fingerprint density at radius 2 is 1.97 bits per heavy atom. The number of carbonyl (C=O) groups is 2. The number of carboxylic acid groups (broad SMARTS) is 1. The zero-order valence-electron chi connectivity index (χ0n) is 16.5. The molecule has 0 bridgehead atoms. The van der Waals surface area contributed by atoms with Crippen molar-refractivity contribution in [2.75, 3.05) is 4.90 Å². The summed E-state index contributed by atoms with van der Waals surface area (Å²) in [5.74, 6) is -2.39. The molecule has 2 aromatic carbocycles. The number of carboxylic acids is 1. The van der Waals surface area contributed by atoms with E-state index in [1.54, 1.807) is 10.3 Å². The van der Waals surface area contributed by atoms with E-state index in [0.29, 0.717) is 27.8 Å². The first kappa shape index (κ1) is 21.5. The van der Waals surface area contributed by atoms with E-state index in [2.05, 4.69) is 4.98 Å². The average molecular weight is 459 g/mol. The van der Waals surface area contributed by atoms with Crippen LogP contribution in [0, 0.1) is 11.7 Å². The van der Waals surface area contributed by atoms with E-state index >= 15 is 0 Å². The molecule has 0 radical (unpaired) electrons. The first-order chi connectivity index (χ1) is 14.9. The van der Waals surface area contributed by atoms with Crippen molar-refractivity contribution in [3.8, 4) is 11.3 Å². The maximum absolute atomic E-state index is 13.7. The van der Waals surface area contributed by atoms with Crippen LogP contribution in [0.1, 0.15) is 24.8 Å². The van der Waals surface area contributed by atoms with Crippen LogP contribution >= 0.6 is 22.9 Å². The molecule has 1 fully saturated rings. The van der Waals surface area contributed by atoms with Gasteiger partial charge < -0.3 is 5.11 Å². The number of amides is 1. The first-order valence-electron chi connectivity index (χ1n) is 9.92. The molecule has 0 aliphatic heterocycles. The molecule has 5 nitrogen and oxygen atoms in total. The van der Waals surface area contributed by atoms with Crippen molar-refractivity contribution in [2.24, 2.45) is 5.92 Å². The third-order valence-electron chi connectivity index (χ3n) is 5.15. The fourth-order valence-electron chi connectivity index (χ4n) is 3.51. The van der Waals surface area contributed by atoms with Crippen LogP contribution in [0.5, 0.6) is 0 Å². The van der Waals surface area contributed by atoms with E-state index in [-0.39, 0.29) is 18.4 Å². The Morgan fingerprint density at radius 1 is 1.23 bits per heavy atom. The predicted molar refractivity (Wildman–Crippen MR) is 119 cm³/mol. The van der Waals surface area contributed by atoms with Crippen molar-refractivity contribution in [2.45, 2.75) is 31.7 Å². The molecule has 3 aromatic rings. The van der Waals surface area contributed by atoms with Gasteiger partial charge in [0.05, 0.1) is 23.1 Å². The highest BCUT2D eigenvalue weighted by atomic mass is 35.5. The third-order valence-corrected chi connectivity index (χ3v) is 6.32. The average Bonchev–Trinajstić information content (AvgIpc) is 3.46. The van der Waals surface area contributed by atoms with Crippen LogP contribution in [0.15, 0.2) is 53.9 Å². The summed E-state index contributed by atoms with van der Waals surface area (Å²) in [5.41, 5.74) is 1.85. The number of nitrogens with zero attached hydrogens (tertiary/aromatic N) is 2. The van der Waals surface area contributed by atoms with Gasteiger partial charge in [0, 0.05) is 17.0 Å². The number of thiazole rings is 1. The Balaban J connectivity index is 1.63. The minimum absolute atomic E-state index is 0.00143. The molecule has 1 aromatic heterocycles. The fraction of sp³-hybridized carbons (Fsp3) is 0.261. The van der Waals surface area contributed by atoms with Crippen LogP contribution in [-0.4, -0.2) is 28.0 Å². The Bertz CT molecular complexity index is 1100. The lowest BCUT2D eigenvalue weighted by molar-refractivity contribution is -0.140. The van der Waals surface area contributed by atoms with E-state index in [9.17, 15) is 19.1 Å². The van der Waals surface area contributed by atoms with E-state index in [1.165, 1.54) is 29.5 Å². The molecule has 31 heavy (non-hydrogen) atoms. The number of halogens is 2. The molecule has 1 aliphatic rings. The molecule has 1 heterocycles. The first-order valence-corrected chi connectivity index (χ1v) is 11.2. The predicted octanol–water partition coefficient (Wildman–Crippen LogP) is 5.43. The normalized spacial score (nSPS) is 14.3. The van der Waals surface area contributed by atoms with Crippen molar-refractivity contribution in [3.05, 3.63) is 70.3 Å². The summed E-state index contributed by atoms with van der Waals surface area (Å²) in [5, 5.41) is 12.0. The van der Waals surface area contributed by atoms with Crippen molar-refractivity contribution in [3.63, 3.8) is 0 Å². The quantitative estimate of drug-likeness (QED) is 0.488. The standard InChI is InChI=1S/C23H20ClFN2O3S/c24-19-9-6-16(25)12-18(19)20-13-31-23(26-20)27(17-7-8-17)22(30)15(11-21(28)29)10-14-4-2-1-3-5-14/h1-6,9,12-13,15,17H,7-8,10-11H2,(H,28,29)/t15-/m1/s1. The van der Waals surface area contributed by atoms with Crippen LogP contribution in [0.3, 0.4) is 0 Å². The Hall–Kier alpha value is -2.77. The number of rotatable bonds is 8. The number of hydrogen-bond donors (Lipinski definition) is 1. The molecule has 1 saturated carbocycles. The Morgan fingerprint density at radius 3 is 2.65 bits per heavy atom. The topological polar surface area (TPSA) is 70.5 Å². The number of benzene rings is 2. The third kappa shape index (κ3) is 5.11. The van der Waals surface area contributed by atoms with Gasteiger partial charge in [-0.25, -0.2) is 9.37 Å². The highest BCUT2D eigenvalue weighted by Crippen LogP contribution is 2.38. The molecule has 1 atom stereocenters. The number of aliphatic carboxylic acids is 1. The lowest BCUT2D eigenvalue weighted by Gasteiger charge is -2.24. The molecular formula is C23H20ClFN2O3S. The van der Waals surface area contributed by atoms with Gasteiger partial charge in [-0.05, 0) is 43.0 Å². The van der Waals surface area contributed by atoms with Crippen LogP contribution in [0.2, 0.25) is 5.02 Å². The van der Waals surface area contributed by atoms with E-state index in [4.69, 9.17) is 11.6 Å². The molecule has 160 valence electrons. The van der Waals surface area contributed by atoms with Gasteiger partial charge in [0.25, 0.3) is 0 Å². The number of anilines is 1. The van der Waals surface area contributed by atoms with Crippen LogP contribution < -0.4 is 4.90 Å². The van der Waals surface area contributed by atoms with Crippen LogP contribution in [0.25, 0.3) is 11.3 Å². The largest absolute Gasteiger partial charge is 0.481 e. The summed E-state index contributed by atoms with van der Waals surface area (Å²) in [6.07, 6.45) is 1.76. The highest BCUT2D eigenvalue weighted by molar-refractivity contribution is 7.14. The van der Waals surface area contributed by atoms with E-state index in [1.807, 2.05) is 30.3 Å². The van der Waals surface area contributed by atoms with Gasteiger partial charge in [0.15, 0.2) is 5.13 Å². The molecule has 0 saturated heterocycles. The van der Waals surface area contributed by atoms with Gasteiger partial charge in [-0.2, -0.15) is 0 Å². The molecule has 1 aliphatic carbocycles. The summed E-state index contributed by atoms with van der Waals surface area (Å²) in [4.78, 5) is 31.1. The second kappa shape index (κ2) is 9.16. The van der Waals surface area contributed by atoms with Crippen molar-refractivity contribution in [1.82, 2.24) is 4.98 Å². The smallest absolute Gasteiger partial charge is 0.304 e. The molecule has 0 spiro atoms. The minimum atomic E-state index is -1.02. The summed E-state index contributed by atoms with van der Waals surface area (Å²) in [6.45, 7) is 0. The van der Waals surface area contributed by atoms with Crippen molar-refractivity contribution in [1.29, 1.82) is 0 Å². The van der Waals surface area contributed by atoms with Gasteiger partial charge in [-0.1, -0.05) is 41.9 Å². The van der Waals surface area contributed by atoms with Crippen LogP contribution in [-0.2, 0) is 16.0 Å². The SMILES string of the molecule is O=C(O)C[C@@H](Cc1ccccc1)C(=O)N(c1nc(-c2cc(F)ccc2Cl)cs1)C1CC1. The summed E-state index contributed by atoms with van der Waals surface area (Å²) < 4.78 is 13.7. The van der Waals surface area contributed by atoms with Gasteiger partial charge in [0.1, 0.15) is 5.82 Å². The minimum Gasteiger partial charge on any atom is -0.481 e. The lowest BCUT2D eigenvalue weighted by Crippen LogP contribution is -2.39. The molecular weight excluding hydrogens is 439 g/mol. The summed E-state index contributed by atoms with van der Waals surface area (Å²) >= 11 is 7.48. The fourth-order valence-corrected chi connectivity index (χ4v) is 4.62. The lowest BCUT2D eigenvalue weighted by atomic mass is 9.94. The van der Waals surface area contributed by atoms with Gasteiger partial charge in [0.2, 0.25) is 5.91 Å². The molecule has 1 N–H and O–H groups in total. The summed E-state index contributed by atoms with van der Waals surface area (Å²) in [6, 6.07) is 13.4. The Labute approximate surface area is 188 Å². The summed E-state index contributed by atoms with van der Waals surface area (Å²) in [7, 11) is 0. The number of carbonyl (C=O) groups excluding carboxylic acids is 1. The van der Waals surface area contributed by atoms with Crippen molar-refractivity contribution < 1.29 is 19.1 Å².